The van der Waals surface area contributed by atoms with Crippen LogP contribution in [0.3, 0.4) is 0 Å². The first-order valence-corrected chi connectivity index (χ1v) is 11.6. The number of nitrogens with one attached hydrogen (secondary N) is 1. The number of nitrogens with zero attached hydrogens (tertiary/aromatic N) is 4. The molecule has 1 aliphatic rings. The van der Waals surface area contributed by atoms with Gasteiger partial charge in [0.05, 0.1) is 16.6 Å². The molecule has 4 aromatic rings. The van der Waals surface area contributed by atoms with E-state index in [1.165, 1.54) is 28.7 Å². The number of hydrogen-bond acceptors (Lipinski definition) is 8. The molecule has 0 spiro atoms. The Hall–Kier alpha value is -2.42. The number of aryl methyl sites for hydroxylation is 2. The Kier molecular flexibility index (Phi) is 5.22. The fraction of sp³-hybridized carbons (Fsp3) is 0.333. The third-order valence-corrected chi connectivity index (χ3v) is 7.06. The predicted octanol–water partition coefficient (Wildman–Crippen LogP) is 4.07. The van der Waals surface area contributed by atoms with Crippen LogP contribution in [0, 0.1) is 0 Å². The van der Waals surface area contributed by atoms with E-state index < -0.39 is 0 Å². The Morgan fingerprint density at radius 2 is 2.00 bits per heavy atom. The minimum absolute atomic E-state index is 0.0269. The molecule has 29 heavy (non-hydrogen) atoms. The Bertz CT molecular complexity index is 1110. The smallest absolute Gasteiger partial charge is 0.163 e. The Morgan fingerprint density at radius 1 is 1.14 bits per heavy atom. The quantitative estimate of drug-likeness (QED) is 0.487. The number of thiazole rings is 1. The normalized spacial score (nSPS) is 14.7. The SMILES string of the molecule is N[C@H](CNc1nc(-c2ccncc2)nc2sc3c(c12)CCCC3)Cc1cscn1. The van der Waals surface area contributed by atoms with Crippen molar-refractivity contribution in [2.24, 2.45) is 5.73 Å². The average Bonchev–Trinajstić information content (AvgIpc) is 3.39. The van der Waals surface area contributed by atoms with Crippen LogP contribution in [0.4, 0.5) is 5.82 Å². The molecule has 0 aromatic carbocycles. The number of hydrogen-bond donors (Lipinski definition) is 2. The van der Waals surface area contributed by atoms with E-state index >= 15 is 0 Å². The lowest BCUT2D eigenvalue weighted by Crippen LogP contribution is -2.31. The second-order valence-electron chi connectivity index (χ2n) is 7.35. The van der Waals surface area contributed by atoms with Crippen LogP contribution in [0.1, 0.15) is 29.0 Å². The standard InChI is InChI=1S/C21H22N6S2/c22-14(9-15-11-28-12-25-15)10-24-20-18-16-3-1-2-4-17(16)29-21(18)27-19(26-20)13-5-7-23-8-6-13/h5-8,11-12,14H,1-4,9-10,22H2,(H,24,26,27)/t14-/m0/s1. The van der Waals surface area contributed by atoms with Gasteiger partial charge in [-0.1, -0.05) is 0 Å². The molecule has 3 N–H and O–H groups in total. The van der Waals surface area contributed by atoms with Gasteiger partial charge in [0.15, 0.2) is 5.82 Å². The summed E-state index contributed by atoms with van der Waals surface area (Å²) in [6.45, 7) is 0.643. The van der Waals surface area contributed by atoms with Crippen molar-refractivity contribution in [1.82, 2.24) is 19.9 Å². The molecule has 1 aliphatic carbocycles. The van der Waals surface area contributed by atoms with Crippen molar-refractivity contribution in [2.75, 3.05) is 11.9 Å². The van der Waals surface area contributed by atoms with Crippen LogP contribution in [-0.4, -0.2) is 32.5 Å². The molecule has 0 aliphatic heterocycles. The van der Waals surface area contributed by atoms with Crippen molar-refractivity contribution in [2.45, 2.75) is 38.1 Å². The lowest BCUT2D eigenvalue weighted by Gasteiger charge is -2.15. The summed E-state index contributed by atoms with van der Waals surface area (Å²) in [4.78, 5) is 20.8. The second kappa shape index (κ2) is 8.14. The molecule has 0 saturated heterocycles. The van der Waals surface area contributed by atoms with E-state index in [4.69, 9.17) is 15.7 Å². The zero-order valence-electron chi connectivity index (χ0n) is 16.0. The summed E-state index contributed by atoms with van der Waals surface area (Å²) in [7, 11) is 0. The number of aromatic nitrogens is 4. The zero-order valence-corrected chi connectivity index (χ0v) is 17.6. The van der Waals surface area contributed by atoms with Crippen LogP contribution in [0.2, 0.25) is 0 Å². The van der Waals surface area contributed by atoms with Crippen molar-refractivity contribution in [1.29, 1.82) is 0 Å². The molecule has 148 valence electrons. The largest absolute Gasteiger partial charge is 0.368 e. The van der Waals surface area contributed by atoms with Gasteiger partial charge in [0.2, 0.25) is 0 Å². The number of rotatable bonds is 6. The molecule has 5 rings (SSSR count). The van der Waals surface area contributed by atoms with Crippen LogP contribution in [-0.2, 0) is 19.3 Å². The van der Waals surface area contributed by atoms with Gasteiger partial charge in [0, 0.05) is 47.2 Å². The van der Waals surface area contributed by atoms with E-state index in [2.05, 4.69) is 20.7 Å². The van der Waals surface area contributed by atoms with Crippen molar-refractivity contribution in [3.05, 3.63) is 51.6 Å². The Balaban J connectivity index is 1.50. The molecular weight excluding hydrogens is 400 g/mol. The molecule has 0 amide bonds. The predicted molar refractivity (Wildman–Crippen MR) is 120 cm³/mol. The van der Waals surface area contributed by atoms with Crippen molar-refractivity contribution in [3.8, 4) is 11.4 Å². The number of nitrogens with two attached hydrogens (primary N) is 1. The van der Waals surface area contributed by atoms with Crippen LogP contribution in [0.15, 0.2) is 35.4 Å². The van der Waals surface area contributed by atoms with Gasteiger partial charge in [-0.15, -0.1) is 22.7 Å². The van der Waals surface area contributed by atoms with Crippen molar-refractivity contribution < 1.29 is 0 Å². The Morgan fingerprint density at radius 3 is 2.83 bits per heavy atom. The highest BCUT2D eigenvalue weighted by atomic mass is 32.1. The topological polar surface area (TPSA) is 89.6 Å². The maximum absolute atomic E-state index is 6.37. The van der Waals surface area contributed by atoms with E-state index in [0.29, 0.717) is 6.54 Å². The first kappa shape index (κ1) is 18.6. The third kappa shape index (κ3) is 3.88. The summed E-state index contributed by atoms with van der Waals surface area (Å²) < 4.78 is 0. The number of pyridine rings is 1. The summed E-state index contributed by atoms with van der Waals surface area (Å²) in [5.74, 6) is 1.63. The van der Waals surface area contributed by atoms with Crippen molar-refractivity contribution >= 4 is 38.7 Å². The van der Waals surface area contributed by atoms with E-state index in [1.807, 2.05) is 29.0 Å². The molecule has 8 heteroatoms. The maximum atomic E-state index is 6.37. The number of anilines is 1. The molecule has 0 fully saturated rings. The van der Waals surface area contributed by atoms with Gasteiger partial charge in [0.1, 0.15) is 10.6 Å². The average molecular weight is 423 g/mol. The van der Waals surface area contributed by atoms with Crippen LogP contribution in [0.25, 0.3) is 21.6 Å². The van der Waals surface area contributed by atoms with Gasteiger partial charge in [-0.3, -0.25) is 4.98 Å². The zero-order chi connectivity index (χ0) is 19.6. The minimum Gasteiger partial charge on any atom is -0.368 e. The van der Waals surface area contributed by atoms with Crippen LogP contribution < -0.4 is 11.1 Å². The Labute approximate surface area is 177 Å². The molecule has 4 heterocycles. The summed E-state index contributed by atoms with van der Waals surface area (Å²) >= 11 is 3.42. The molecule has 4 aromatic heterocycles. The third-order valence-electron chi connectivity index (χ3n) is 5.24. The molecule has 0 saturated carbocycles. The molecular formula is C21H22N6S2. The monoisotopic (exact) mass is 422 g/mol. The van der Waals surface area contributed by atoms with Crippen molar-refractivity contribution in [3.63, 3.8) is 0 Å². The van der Waals surface area contributed by atoms with E-state index in [-0.39, 0.29) is 6.04 Å². The van der Waals surface area contributed by atoms with E-state index in [9.17, 15) is 0 Å². The van der Waals surface area contributed by atoms with Crippen LogP contribution >= 0.6 is 22.7 Å². The lowest BCUT2D eigenvalue weighted by molar-refractivity contribution is 0.687. The molecule has 6 nitrogen and oxygen atoms in total. The highest BCUT2D eigenvalue weighted by Crippen LogP contribution is 2.39. The highest BCUT2D eigenvalue weighted by Gasteiger charge is 2.22. The van der Waals surface area contributed by atoms with E-state index in [0.717, 1.165) is 47.0 Å². The summed E-state index contributed by atoms with van der Waals surface area (Å²) in [6.07, 6.45) is 9.04. The summed E-state index contributed by atoms with van der Waals surface area (Å²) in [5, 5.41) is 6.78. The van der Waals surface area contributed by atoms with Crippen LogP contribution in [0.5, 0.6) is 0 Å². The van der Waals surface area contributed by atoms with E-state index in [1.54, 1.807) is 23.7 Å². The van der Waals surface area contributed by atoms with Gasteiger partial charge in [-0.25, -0.2) is 15.0 Å². The molecule has 0 bridgehead atoms. The molecule has 0 radical (unpaired) electrons. The minimum atomic E-state index is -0.0269. The number of fused-ring (bicyclic) bond motifs is 3. The summed E-state index contributed by atoms with van der Waals surface area (Å²) in [6, 6.07) is 3.87. The fourth-order valence-electron chi connectivity index (χ4n) is 3.82. The number of thiophene rings is 1. The first-order valence-electron chi connectivity index (χ1n) is 9.87. The van der Waals surface area contributed by atoms with Gasteiger partial charge >= 0.3 is 0 Å². The fourth-order valence-corrected chi connectivity index (χ4v) is 5.65. The van der Waals surface area contributed by atoms with Gasteiger partial charge in [0.25, 0.3) is 0 Å². The maximum Gasteiger partial charge on any atom is 0.163 e. The second-order valence-corrected chi connectivity index (χ2v) is 9.15. The highest BCUT2D eigenvalue weighted by molar-refractivity contribution is 7.19. The molecule has 0 unspecified atom stereocenters. The summed E-state index contributed by atoms with van der Waals surface area (Å²) in [5.41, 5.74) is 11.7. The first-order chi connectivity index (χ1) is 14.3. The molecule has 1 atom stereocenters. The van der Waals surface area contributed by atoms with Gasteiger partial charge < -0.3 is 11.1 Å². The van der Waals surface area contributed by atoms with Gasteiger partial charge in [-0.2, -0.15) is 0 Å². The lowest BCUT2D eigenvalue weighted by atomic mass is 9.97. The van der Waals surface area contributed by atoms with Gasteiger partial charge in [-0.05, 0) is 43.4 Å².